The summed E-state index contributed by atoms with van der Waals surface area (Å²) < 4.78 is 5.12. The lowest BCUT2D eigenvalue weighted by Gasteiger charge is -2.11. The van der Waals surface area contributed by atoms with Crippen molar-refractivity contribution in [2.75, 3.05) is 26.0 Å². The van der Waals surface area contributed by atoms with Gasteiger partial charge in [-0.3, -0.25) is 4.79 Å². The minimum absolute atomic E-state index is 0.191. The normalized spacial score (nSPS) is 10.1. The van der Waals surface area contributed by atoms with Crippen molar-refractivity contribution in [3.8, 4) is 5.75 Å². The highest BCUT2D eigenvalue weighted by molar-refractivity contribution is 5.98. The molecule has 4 N–H and O–H groups in total. The van der Waals surface area contributed by atoms with Crippen LogP contribution < -0.4 is 15.8 Å². The van der Waals surface area contributed by atoms with Crippen molar-refractivity contribution < 1.29 is 14.6 Å². The quantitative estimate of drug-likeness (QED) is 0.502. The van der Waals surface area contributed by atoms with E-state index in [0.29, 0.717) is 23.5 Å². The van der Waals surface area contributed by atoms with Gasteiger partial charge in [0.1, 0.15) is 0 Å². The Morgan fingerprint density at radius 2 is 2.17 bits per heavy atom. The number of rotatable bonds is 7. The van der Waals surface area contributed by atoms with Gasteiger partial charge in [-0.1, -0.05) is 6.07 Å². The largest absolute Gasteiger partial charge is 0.494 e. The van der Waals surface area contributed by atoms with Gasteiger partial charge in [0.2, 0.25) is 0 Å². The molecule has 0 bridgehead atoms. The number of carbonyl (C=O) groups is 1. The number of nitrogens with one attached hydrogen (secondary N) is 1. The molecule has 1 rings (SSSR count). The Morgan fingerprint density at radius 1 is 1.39 bits per heavy atom. The molecule has 0 saturated heterocycles. The first-order valence-electron chi connectivity index (χ1n) is 6.02. The van der Waals surface area contributed by atoms with E-state index in [0.717, 1.165) is 19.3 Å². The number of para-hydroxylation sites is 1. The zero-order valence-corrected chi connectivity index (χ0v) is 10.6. The highest BCUT2D eigenvalue weighted by Crippen LogP contribution is 2.25. The summed E-state index contributed by atoms with van der Waals surface area (Å²) in [7, 11) is 1.49. The van der Waals surface area contributed by atoms with Gasteiger partial charge < -0.3 is 20.9 Å². The fourth-order valence-corrected chi connectivity index (χ4v) is 1.67. The number of ether oxygens (including phenoxy) is 1. The summed E-state index contributed by atoms with van der Waals surface area (Å²) in [5, 5.41) is 11.4. The van der Waals surface area contributed by atoms with Crippen LogP contribution in [0.25, 0.3) is 0 Å². The van der Waals surface area contributed by atoms with Crippen LogP contribution in [0.1, 0.15) is 29.6 Å². The van der Waals surface area contributed by atoms with Crippen molar-refractivity contribution in [2.45, 2.75) is 19.3 Å². The molecule has 5 nitrogen and oxygen atoms in total. The molecule has 0 unspecified atom stereocenters. The third-order valence-corrected chi connectivity index (χ3v) is 2.61. The van der Waals surface area contributed by atoms with Crippen LogP contribution in [-0.4, -0.2) is 31.3 Å². The van der Waals surface area contributed by atoms with Crippen molar-refractivity contribution in [3.63, 3.8) is 0 Å². The van der Waals surface area contributed by atoms with Gasteiger partial charge in [-0.05, 0) is 31.4 Å². The molecule has 1 aromatic carbocycles. The standard InChI is InChI=1S/C13H20N2O3/c1-18-12-10(6-5-7-11(12)14)13(17)15-8-3-2-4-9-16/h5-7,16H,2-4,8-9,14H2,1H3,(H,15,17). The number of benzene rings is 1. The molecular weight excluding hydrogens is 232 g/mol. The van der Waals surface area contributed by atoms with Gasteiger partial charge in [-0.15, -0.1) is 0 Å². The van der Waals surface area contributed by atoms with E-state index >= 15 is 0 Å². The monoisotopic (exact) mass is 252 g/mol. The summed E-state index contributed by atoms with van der Waals surface area (Å²) in [6.07, 6.45) is 2.50. The van der Waals surface area contributed by atoms with Crippen LogP contribution >= 0.6 is 0 Å². The Bertz CT molecular complexity index is 394. The summed E-state index contributed by atoms with van der Waals surface area (Å²) >= 11 is 0. The number of aliphatic hydroxyl groups is 1. The Morgan fingerprint density at radius 3 is 2.83 bits per heavy atom. The van der Waals surface area contributed by atoms with Crippen molar-refractivity contribution in [1.29, 1.82) is 0 Å². The SMILES string of the molecule is COc1c(N)cccc1C(=O)NCCCCCO. The van der Waals surface area contributed by atoms with Crippen LogP contribution in [0.15, 0.2) is 18.2 Å². The molecule has 5 heteroatoms. The van der Waals surface area contributed by atoms with Crippen LogP contribution in [0.5, 0.6) is 5.75 Å². The number of hydrogen-bond acceptors (Lipinski definition) is 4. The van der Waals surface area contributed by atoms with E-state index in [1.165, 1.54) is 7.11 Å². The second-order valence-corrected chi connectivity index (χ2v) is 3.97. The Balaban J connectivity index is 2.54. The van der Waals surface area contributed by atoms with Crippen LogP contribution in [-0.2, 0) is 0 Å². The number of hydrogen-bond donors (Lipinski definition) is 3. The van der Waals surface area contributed by atoms with Crippen molar-refractivity contribution in [1.82, 2.24) is 5.32 Å². The highest BCUT2D eigenvalue weighted by Gasteiger charge is 2.13. The third-order valence-electron chi connectivity index (χ3n) is 2.61. The zero-order chi connectivity index (χ0) is 13.4. The van der Waals surface area contributed by atoms with E-state index in [1.54, 1.807) is 18.2 Å². The van der Waals surface area contributed by atoms with E-state index in [9.17, 15) is 4.79 Å². The lowest BCUT2D eigenvalue weighted by molar-refractivity contribution is 0.0950. The number of nitrogens with two attached hydrogens (primary N) is 1. The minimum atomic E-state index is -0.192. The van der Waals surface area contributed by atoms with E-state index in [4.69, 9.17) is 15.6 Å². The van der Waals surface area contributed by atoms with Crippen LogP contribution in [0.2, 0.25) is 0 Å². The Hall–Kier alpha value is -1.75. The topological polar surface area (TPSA) is 84.6 Å². The third kappa shape index (κ3) is 3.92. The van der Waals surface area contributed by atoms with Gasteiger partial charge in [0, 0.05) is 13.2 Å². The molecule has 0 atom stereocenters. The van der Waals surface area contributed by atoms with Crippen LogP contribution in [0.4, 0.5) is 5.69 Å². The fourth-order valence-electron chi connectivity index (χ4n) is 1.67. The first kappa shape index (κ1) is 14.3. The van der Waals surface area contributed by atoms with Gasteiger partial charge in [-0.2, -0.15) is 0 Å². The molecule has 0 aliphatic rings. The van der Waals surface area contributed by atoms with Gasteiger partial charge in [0.05, 0.1) is 18.4 Å². The number of methoxy groups -OCH3 is 1. The molecule has 0 aliphatic carbocycles. The highest BCUT2D eigenvalue weighted by atomic mass is 16.5. The first-order chi connectivity index (χ1) is 8.70. The number of anilines is 1. The van der Waals surface area contributed by atoms with Crippen LogP contribution in [0, 0.1) is 0 Å². The number of unbranched alkanes of at least 4 members (excludes halogenated alkanes) is 2. The maximum Gasteiger partial charge on any atom is 0.255 e. The van der Waals surface area contributed by atoms with Crippen LogP contribution in [0.3, 0.4) is 0 Å². The Kier molecular flexibility index (Phi) is 6.00. The summed E-state index contributed by atoms with van der Waals surface area (Å²) in [5.74, 6) is 0.216. The molecule has 0 fully saturated rings. The van der Waals surface area contributed by atoms with E-state index in [2.05, 4.69) is 5.32 Å². The molecule has 18 heavy (non-hydrogen) atoms. The van der Waals surface area contributed by atoms with E-state index in [-0.39, 0.29) is 12.5 Å². The van der Waals surface area contributed by atoms with Gasteiger partial charge >= 0.3 is 0 Å². The summed E-state index contributed by atoms with van der Waals surface area (Å²) in [6.45, 7) is 0.772. The number of amides is 1. The van der Waals surface area contributed by atoms with Crippen molar-refractivity contribution in [2.24, 2.45) is 0 Å². The second kappa shape index (κ2) is 7.55. The molecule has 0 saturated carbocycles. The molecule has 100 valence electrons. The minimum Gasteiger partial charge on any atom is -0.494 e. The molecule has 0 heterocycles. The van der Waals surface area contributed by atoms with Gasteiger partial charge in [-0.25, -0.2) is 0 Å². The molecule has 0 aliphatic heterocycles. The number of carbonyl (C=O) groups excluding carboxylic acids is 1. The van der Waals surface area contributed by atoms with E-state index < -0.39 is 0 Å². The average Bonchev–Trinajstić information content (AvgIpc) is 2.38. The Labute approximate surface area is 107 Å². The molecule has 1 amide bonds. The summed E-state index contributed by atoms with van der Waals surface area (Å²) in [6, 6.07) is 5.09. The van der Waals surface area contributed by atoms with E-state index in [1.807, 2.05) is 0 Å². The second-order valence-electron chi connectivity index (χ2n) is 3.97. The molecule has 1 aromatic rings. The molecule has 0 spiro atoms. The number of aliphatic hydroxyl groups excluding tert-OH is 1. The van der Waals surface area contributed by atoms with Gasteiger partial charge in [0.25, 0.3) is 5.91 Å². The predicted molar refractivity (Wildman–Crippen MR) is 70.7 cm³/mol. The maximum absolute atomic E-state index is 11.9. The maximum atomic E-state index is 11.9. The lowest BCUT2D eigenvalue weighted by Crippen LogP contribution is -2.25. The number of nitrogen functional groups attached to an aromatic ring is 1. The zero-order valence-electron chi connectivity index (χ0n) is 10.6. The predicted octanol–water partition coefficient (Wildman–Crippen LogP) is 1.17. The summed E-state index contributed by atoms with van der Waals surface area (Å²) in [5.41, 5.74) is 6.62. The van der Waals surface area contributed by atoms with Gasteiger partial charge in [0.15, 0.2) is 5.75 Å². The molecule has 0 aromatic heterocycles. The smallest absolute Gasteiger partial charge is 0.255 e. The average molecular weight is 252 g/mol. The molecular formula is C13H20N2O3. The van der Waals surface area contributed by atoms with Crippen molar-refractivity contribution >= 4 is 11.6 Å². The fraction of sp³-hybridized carbons (Fsp3) is 0.462. The lowest BCUT2D eigenvalue weighted by atomic mass is 10.1. The van der Waals surface area contributed by atoms with Crippen molar-refractivity contribution in [3.05, 3.63) is 23.8 Å². The first-order valence-corrected chi connectivity index (χ1v) is 6.02. The molecule has 0 radical (unpaired) electrons. The summed E-state index contributed by atoms with van der Waals surface area (Å²) in [4.78, 5) is 11.9.